The van der Waals surface area contributed by atoms with Crippen molar-refractivity contribution in [3.63, 3.8) is 0 Å². The van der Waals surface area contributed by atoms with E-state index in [0.717, 1.165) is 0 Å². The lowest BCUT2D eigenvalue weighted by molar-refractivity contribution is -0.126. The maximum Gasteiger partial charge on any atom is 0.246 e. The van der Waals surface area contributed by atoms with E-state index in [1.807, 2.05) is 6.92 Å². The van der Waals surface area contributed by atoms with E-state index in [9.17, 15) is 9.90 Å². The van der Waals surface area contributed by atoms with Gasteiger partial charge in [-0.1, -0.05) is 0 Å². The highest BCUT2D eigenvalue weighted by Crippen LogP contribution is 2.09. The van der Waals surface area contributed by atoms with Crippen LogP contribution in [0.15, 0.2) is 24.5 Å². The van der Waals surface area contributed by atoms with Gasteiger partial charge < -0.3 is 15.1 Å². The van der Waals surface area contributed by atoms with E-state index in [2.05, 4.69) is 4.98 Å². The number of aromatic nitrogens is 1. The van der Waals surface area contributed by atoms with Gasteiger partial charge in [0.05, 0.1) is 12.8 Å². The summed E-state index contributed by atoms with van der Waals surface area (Å²) in [4.78, 5) is 17.0. The molecule has 0 atom stereocenters. The van der Waals surface area contributed by atoms with Crippen LogP contribution in [0.4, 0.5) is 0 Å². The zero-order chi connectivity index (χ0) is 12.7. The van der Waals surface area contributed by atoms with Gasteiger partial charge in [-0.05, 0) is 24.6 Å². The molecule has 0 aliphatic carbocycles. The number of aromatic hydroxyl groups is 1. The SMILES string of the molecule is CCN(CCO)C(=O)/C=C/c1cncc(O)c1. The van der Waals surface area contributed by atoms with E-state index in [-0.39, 0.29) is 18.3 Å². The normalized spacial score (nSPS) is 10.7. The fourth-order valence-electron chi connectivity index (χ4n) is 1.35. The molecule has 0 aromatic carbocycles. The van der Waals surface area contributed by atoms with Crippen LogP contribution < -0.4 is 0 Å². The Morgan fingerprint density at radius 2 is 2.29 bits per heavy atom. The number of pyridine rings is 1. The van der Waals surface area contributed by atoms with Gasteiger partial charge in [-0.25, -0.2) is 0 Å². The molecule has 92 valence electrons. The first-order valence-electron chi connectivity index (χ1n) is 5.39. The van der Waals surface area contributed by atoms with Crippen molar-refractivity contribution in [1.82, 2.24) is 9.88 Å². The number of likely N-dealkylation sites (N-methyl/N-ethyl adjacent to an activating group) is 1. The molecule has 2 N–H and O–H groups in total. The Morgan fingerprint density at radius 3 is 2.88 bits per heavy atom. The third-order valence-electron chi connectivity index (χ3n) is 2.23. The molecule has 5 heteroatoms. The van der Waals surface area contributed by atoms with Gasteiger partial charge in [-0.15, -0.1) is 0 Å². The monoisotopic (exact) mass is 236 g/mol. The minimum atomic E-state index is -0.176. The summed E-state index contributed by atoms with van der Waals surface area (Å²) < 4.78 is 0. The summed E-state index contributed by atoms with van der Waals surface area (Å²) in [6.45, 7) is 2.65. The molecule has 0 aliphatic rings. The highest BCUT2D eigenvalue weighted by atomic mass is 16.3. The molecule has 1 heterocycles. The summed E-state index contributed by atoms with van der Waals surface area (Å²) in [5.74, 6) is -0.118. The molecule has 17 heavy (non-hydrogen) atoms. The van der Waals surface area contributed by atoms with Crippen LogP contribution in [-0.4, -0.2) is 45.7 Å². The zero-order valence-electron chi connectivity index (χ0n) is 9.71. The van der Waals surface area contributed by atoms with Crippen LogP contribution in [0, 0.1) is 0 Å². The molecule has 1 aromatic heterocycles. The van der Waals surface area contributed by atoms with Gasteiger partial charge in [-0.2, -0.15) is 0 Å². The average molecular weight is 236 g/mol. The Labute approximate surface area is 100 Å². The lowest BCUT2D eigenvalue weighted by atomic mass is 10.2. The third kappa shape index (κ3) is 4.24. The van der Waals surface area contributed by atoms with Gasteiger partial charge in [0.1, 0.15) is 5.75 Å². The first kappa shape index (κ1) is 13.2. The van der Waals surface area contributed by atoms with Crippen molar-refractivity contribution in [3.05, 3.63) is 30.1 Å². The summed E-state index contributed by atoms with van der Waals surface area (Å²) in [5.41, 5.74) is 0.651. The van der Waals surface area contributed by atoms with Crippen LogP contribution in [-0.2, 0) is 4.79 Å². The predicted molar refractivity (Wildman–Crippen MR) is 64.3 cm³/mol. The second kappa shape index (κ2) is 6.65. The Hall–Kier alpha value is -1.88. The highest BCUT2D eigenvalue weighted by Gasteiger charge is 2.06. The number of aliphatic hydroxyl groups is 1. The van der Waals surface area contributed by atoms with Crippen LogP contribution in [0.2, 0.25) is 0 Å². The molecule has 0 unspecified atom stereocenters. The maximum atomic E-state index is 11.7. The van der Waals surface area contributed by atoms with E-state index in [1.54, 1.807) is 12.3 Å². The molecule has 0 spiro atoms. The lowest BCUT2D eigenvalue weighted by Crippen LogP contribution is -2.31. The van der Waals surface area contributed by atoms with E-state index in [1.165, 1.54) is 23.2 Å². The van der Waals surface area contributed by atoms with Gasteiger partial charge in [0.25, 0.3) is 0 Å². The molecule has 0 aliphatic heterocycles. The van der Waals surface area contributed by atoms with Crippen molar-refractivity contribution >= 4 is 12.0 Å². The Balaban J connectivity index is 2.67. The second-order valence-corrected chi connectivity index (χ2v) is 3.45. The molecule has 0 bridgehead atoms. The van der Waals surface area contributed by atoms with Crippen LogP contribution in [0.1, 0.15) is 12.5 Å². The van der Waals surface area contributed by atoms with Crippen molar-refractivity contribution < 1.29 is 15.0 Å². The van der Waals surface area contributed by atoms with Gasteiger partial charge in [-0.3, -0.25) is 9.78 Å². The largest absolute Gasteiger partial charge is 0.506 e. The number of amides is 1. The summed E-state index contributed by atoms with van der Waals surface area (Å²) >= 11 is 0. The quantitative estimate of drug-likeness (QED) is 0.736. The predicted octanol–water partition coefficient (Wildman–Crippen LogP) is 0.641. The third-order valence-corrected chi connectivity index (χ3v) is 2.23. The molecule has 0 radical (unpaired) electrons. The van der Waals surface area contributed by atoms with Crippen molar-refractivity contribution in [3.8, 4) is 5.75 Å². The Bertz CT molecular complexity index is 404. The standard InChI is InChI=1S/C12H16N2O3/c1-2-14(5-6-15)12(17)4-3-10-7-11(16)9-13-8-10/h3-4,7-9,15-16H,2,5-6H2,1H3/b4-3+. The molecule has 5 nitrogen and oxygen atoms in total. The van der Waals surface area contributed by atoms with Crippen molar-refractivity contribution in [2.75, 3.05) is 19.7 Å². The van der Waals surface area contributed by atoms with Crippen molar-refractivity contribution in [2.45, 2.75) is 6.92 Å². The summed E-state index contributed by atoms with van der Waals surface area (Å²) in [6.07, 6.45) is 5.85. The molecular formula is C12H16N2O3. The number of rotatable bonds is 5. The van der Waals surface area contributed by atoms with Crippen LogP contribution in [0.3, 0.4) is 0 Å². The molecule has 1 aromatic rings. The second-order valence-electron chi connectivity index (χ2n) is 3.45. The molecule has 0 saturated carbocycles. The highest BCUT2D eigenvalue weighted by molar-refractivity contribution is 5.91. The van der Waals surface area contributed by atoms with Crippen LogP contribution in [0.5, 0.6) is 5.75 Å². The fourth-order valence-corrected chi connectivity index (χ4v) is 1.35. The number of carbonyl (C=O) groups excluding carboxylic acids is 1. The van der Waals surface area contributed by atoms with E-state index in [4.69, 9.17) is 5.11 Å². The minimum absolute atomic E-state index is 0.0545. The topological polar surface area (TPSA) is 73.7 Å². The van der Waals surface area contributed by atoms with Crippen LogP contribution in [0.25, 0.3) is 6.08 Å². The number of nitrogens with zero attached hydrogens (tertiary/aromatic N) is 2. The zero-order valence-corrected chi connectivity index (χ0v) is 9.71. The molecule has 1 amide bonds. The maximum absolute atomic E-state index is 11.7. The molecule has 0 saturated heterocycles. The van der Waals surface area contributed by atoms with Crippen molar-refractivity contribution in [1.29, 1.82) is 0 Å². The minimum Gasteiger partial charge on any atom is -0.506 e. The Morgan fingerprint density at radius 1 is 1.53 bits per heavy atom. The van der Waals surface area contributed by atoms with E-state index >= 15 is 0 Å². The molecule has 1 rings (SSSR count). The van der Waals surface area contributed by atoms with Gasteiger partial charge >= 0.3 is 0 Å². The van der Waals surface area contributed by atoms with E-state index < -0.39 is 0 Å². The Kier molecular flexibility index (Phi) is 5.16. The average Bonchev–Trinajstić information content (AvgIpc) is 2.33. The van der Waals surface area contributed by atoms with Gasteiger partial charge in [0.15, 0.2) is 0 Å². The first-order chi connectivity index (χ1) is 8.17. The summed E-state index contributed by atoms with van der Waals surface area (Å²) in [7, 11) is 0. The summed E-state index contributed by atoms with van der Waals surface area (Å²) in [6, 6.07) is 1.51. The number of hydrogen-bond acceptors (Lipinski definition) is 4. The molecule has 0 fully saturated rings. The van der Waals surface area contributed by atoms with Gasteiger partial charge in [0.2, 0.25) is 5.91 Å². The number of carbonyl (C=O) groups is 1. The summed E-state index contributed by atoms with van der Waals surface area (Å²) in [5, 5.41) is 18.0. The molecular weight excluding hydrogens is 220 g/mol. The first-order valence-corrected chi connectivity index (χ1v) is 5.39. The van der Waals surface area contributed by atoms with Crippen LogP contribution >= 0.6 is 0 Å². The van der Waals surface area contributed by atoms with Gasteiger partial charge in [0, 0.05) is 25.4 Å². The number of hydrogen-bond donors (Lipinski definition) is 2. The van der Waals surface area contributed by atoms with Crippen molar-refractivity contribution in [2.24, 2.45) is 0 Å². The lowest BCUT2D eigenvalue weighted by Gasteiger charge is -2.17. The smallest absolute Gasteiger partial charge is 0.246 e. The fraction of sp³-hybridized carbons (Fsp3) is 0.333. The van der Waals surface area contributed by atoms with E-state index in [0.29, 0.717) is 18.7 Å². The number of aliphatic hydroxyl groups excluding tert-OH is 1.